The molecule has 0 spiro atoms. The maximum Gasteiger partial charge on any atom is 0.321 e. The van der Waals surface area contributed by atoms with Crippen LogP contribution in [-0.4, -0.2) is 36.0 Å². The van der Waals surface area contributed by atoms with Gasteiger partial charge >= 0.3 is 6.03 Å². The van der Waals surface area contributed by atoms with Crippen molar-refractivity contribution < 1.29 is 9.59 Å². The van der Waals surface area contributed by atoms with E-state index in [1.807, 2.05) is 0 Å². The highest BCUT2D eigenvalue weighted by molar-refractivity contribution is 6.30. The number of hydrogen-bond donors (Lipinski definition) is 2. The van der Waals surface area contributed by atoms with E-state index in [4.69, 9.17) is 11.6 Å². The lowest BCUT2D eigenvalue weighted by molar-refractivity contribution is -0.119. The second-order valence-corrected chi connectivity index (χ2v) is 5.34. The molecule has 1 fully saturated rings. The molecule has 0 unspecified atom stereocenters. The summed E-state index contributed by atoms with van der Waals surface area (Å²) >= 11 is 5.80. The Morgan fingerprint density at radius 1 is 1.20 bits per heavy atom. The minimum atomic E-state index is -0.117. The van der Waals surface area contributed by atoms with Crippen LogP contribution in [0.5, 0.6) is 0 Å². The second kappa shape index (κ2) is 6.61. The molecule has 1 aliphatic heterocycles. The summed E-state index contributed by atoms with van der Waals surface area (Å²) in [7, 11) is 0. The van der Waals surface area contributed by atoms with Crippen molar-refractivity contribution in [1.82, 2.24) is 10.2 Å². The third-order valence-corrected chi connectivity index (χ3v) is 3.54. The molecule has 0 aliphatic carbocycles. The van der Waals surface area contributed by atoms with Gasteiger partial charge in [-0.3, -0.25) is 4.79 Å². The standard InChI is InChI=1S/C14H18ClN3O2/c1-10(19)16-13-6-8-18(9-7-13)14(20)17-12-4-2-11(15)3-5-12/h2-5,13H,6-9H2,1H3,(H,16,19)(H,17,20). The third kappa shape index (κ3) is 4.13. The normalized spacial score (nSPS) is 15.8. The van der Waals surface area contributed by atoms with Gasteiger partial charge in [0.1, 0.15) is 0 Å². The average Bonchev–Trinajstić information content (AvgIpc) is 2.41. The number of nitrogens with one attached hydrogen (secondary N) is 2. The van der Waals surface area contributed by atoms with Crippen molar-refractivity contribution in [2.24, 2.45) is 0 Å². The van der Waals surface area contributed by atoms with Crippen molar-refractivity contribution in [3.05, 3.63) is 29.3 Å². The fourth-order valence-electron chi connectivity index (χ4n) is 2.25. The van der Waals surface area contributed by atoms with Crippen LogP contribution < -0.4 is 10.6 Å². The van der Waals surface area contributed by atoms with E-state index in [0.717, 1.165) is 18.5 Å². The van der Waals surface area contributed by atoms with Crippen LogP contribution in [0.15, 0.2) is 24.3 Å². The number of carbonyl (C=O) groups is 2. The maximum atomic E-state index is 12.1. The summed E-state index contributed by atoms with van der Waals surface area (Å²) < 4.78 is 0. The van der Waals surface area contributed by atoms with E-state index >= 15 is 0 Å². The highest BCUT2D eigenvalue weighted by Crippen LogP contribution is 2.16. The molecule has 0 radical (unpaired) electrons. The molecule has 0 bridgehead atoms. The minimum absolute atomic E-state index is 0.0194. The van der Waals surface area contributed by atoms with Gasteiger partial charge in [0.15, 0.2) is 0 Å². The first-order valence-electron chi connectivity index (χ1n) is 6.63. The summed E-state index contributed by atoms with van der Waals surface area (Å²) in [5.74, 6) is -0.0194. The number of hydrogen-bond acceptors (Lipinski definition) is 2. The molecule has 20 heavy (non-hydrogen) atoms. The Kier molecular flexibility index (Phi) is 4.84. The number of anilines is 1. The molecule has 6 heteroatoms. The number of rotatable bonds is 2. The van der Waals surface area contributed by atoms with Gasteiger partial charge in [-0.1, -0.05) is 11.6 Å². The van der Waals surface area contributed by atoms with Crippen molar-refractivity contribution in [1.29, 1.82) is 0 Å². The topological polar surface area (TPSA) is 61.4 Å². The molecule has 1 saturated heterocycles. The van der Waals surface area contributed by atoms with E-state index in [-0.39, 0.29) is 18.0 Å². The fourth-order valence-corrected chi connectivity index (χ4v) is 2.38. The van der Waals surface area contributed by atoms with E-state index in [0.29, 0.717) is 18.1 Å². The van der Waals surface area contributed by atoms with Gasteiger partial charge in [0.25, 0.3) is 0 Å². The van der Waals surface area contributed by atoms with Gasteiger partial charge in [0, 0.05) is 36.8 Å². The van der Waals surface area contributed by atoms with Gasteiger partial charge in [0.2, 0.25) is 5.91 Å². The minimum Gasteiger partial charge on any atom is -0.353 e. The summed E-state index contributed by atoms with van der Waals surface area (Å²) in [6.45, 7) is 2.80. The molecule has 1 aromatic rings. The quantitative estimate of drug-likeness (QED) is 0.880. The molecular weight excluding hydrogens is 278 g/mol. The average molecular weight is 296 g/mol. The molecule has 5 nitrogen and oxygen atoms in total. The molecule has 0 aromatic heterocycles. The van der Waals surface area contributed by atoms with Gasteiger partial charge < -0.3 is 15.5 Å². The number of halogens is 1. The number of carbonyl (C=O) groups excluding carboxylic acids is 2. The fraction of sp³-hybridized carbons (Fsp3) is 0.429. The highest BCUT2D eigenvalue weighted by Gasteiger charge is 2.23. The zero-order valence-corrected chi connectivity index (χ0v) is 12.1. The molecule has 3 amide bonds. The molecule has 1 aromatic carbocycles. The molecule has 2 rings (SSSR count). The lowest BCUT2D eigenvalue weighted by atomic mass is 10.1. The van der Waals surface area contributed by atoms with Gasteiger partial charge in [0.05, 0.1) is 0 Å². The van der Waals surface area contributed by atoms with Gasteiger partial charge in [-0.25, -0.2) is 4.79 Å². The van der Waals surface area contributed by atoms with Crippen LogP contribution >= 0.6 is 11.6 Å². The Hall–Kier alpha value is -1.75. The van der Waals surface area contributed by atoms with Crippen molar-refractivity contribution >= 4 is 29.2 Å². The van der Waals surface area contributed by atoms with E-state index in [9.17, 15) is 9.59 Å². The Morgan fingerprint density at radius 2 is 1.80 bits per heavy atom. The van der Waals surface area contributed by atoms with Crippen LogP contribution in [0, 0.1) is 0 Å². The molecular formula is C14H18ClN3O2. The first-order chi connectivity index (χ1) is 9.54. The smallest absolute Gasteiger partial charge is 0.321 e. The van der Waals surface area contributed by atoms with Crippen LogP contribution in [0.3, 0.4) is 0 Å². The van der Waals surface area contributed by atoms with Crippen molar-refractivity contribution in [2.75, 3.05) is 18.4 Å². The third-order valence-electron chi connectivity index (χ3n) is 3.29. The largest absolute Gasteiger partial charge is 0.353 e. The molecule has 108 valence electrons. The van der Waals surface area contributed by atoms with Gasteiger partial charge in [-0.15, -0.1) is 0 Å². The van der Waals surface area contributed by atoms with Crippen LogP contribution in [0.2, 0.25) is 5.02 Å². The predicted octanol–water partition coefficient (Wildman–Crippen LogP) is 2.47. The molecule has 1 heterocycles. The van der Waals surface area contributed by atoms with Gasteiger partial charge in [-0.2, -0.15) is 0 Å². The Morgan fingerprint density at radius 3 is 2.35 bits per heavy atom. The number of piperidine rings is 1. The molecule has 1 aliphatic rings. The summed E-state index contributed by atoms with van der Waals surface area (Å²) in [4.78, 5) is 24.8. The Bertz CT molecular complexity index is 482. The summed E-state index contributed by atoms with van der Waals surface area (Å²) in [6, 6.07) is 7.07. The van der Waals surface area contributed by atoms with Gasteiger partial charge in [-0.05, 0) is 37.1 Å². The van der Waals surface area contributed by atoms with E-state index in [1.165, 1.54) is 6.92 Å². The number of amides is 3. The van der Waals surface area contributed by atoms with Crippen molar-refractivity contribution in [3.8, 4) is 0 Å². The van der Waals surface area contributed by atoms with E-state index in [1.54, 1.807) is 29.2 Å². The van der Waals surface area contributed by atoms with Crippen LogP contribution in [0.4, 0.5) is 10.5 Å². The van der Waals surface area contributed by atoms with Crippen molar-refractivity contribution in [3.63, 3.8) is 0 Å². The molecule has 2 N–H and O–H groups in total. The molecule has 0 saturated carbocycles. The lowest BCUT2D eigenvalue weighted by Crippen LogP contribution is -2.47. The predicted molar refractivity (Wildman–Crippen MR) is 78.9 cm³/mol. The van der Waals surface area contributed by atoms with Crippen molar-refractivity contribution in [2.45, 2.75) is 25.8 Å². The zero-order chi connectivity index (χ0) is 14.5. The summed E-state index contributed by atoms with van der Waals surface area (Å²) in [5.41, 5.74) is 0.725. The second-order valence-electron chi connectivity index (χ2n) is 4.90. The monoisotopic (exact) mass is 295 g/mol. The van der Waals surface area contributed by atoms with Crippen LogP contribution in [0.25, 0.3) is 0 Å². The maximum absolute atomic E-state index is 12.1. The lowest BCUT2D eigenvalue weighted by Gasteiger charge is -2.32. The zero-order valence-electron chi connectivity index (χ0n) is 11.4. The Balaban J connectivity index is 1.82. The SMILES string of the molecule is CC(=O)NC1CCN(C(=O)Nc2ccc(Cl)cc2)CC1. The van der Waals surface area contributed by atoms with Crippen LogP contribution in [0.1, 0.15) is 19.8 Å². The highest BCUT2D eigenvalue weighted by atomic mass is 35.5. The number of urea groups is 1. The number of likely N-dealkylation sites (tertiary alicyclic amines) is 1. The Labute approximate surface area is 123 Å². The first-order valence-corrected chi connectivity index (χ1v) is 7.01. The number of nitrogens with zero attached hydrogens (tertiary/aromatic N) is 1. The van der Waals surface area contributed by atoms with Crippen LogP contribution in [-0.2, 0) is 4.79 Å². The molecule has 0 atom stereocenters. The summed E-state index contributed by atoms with van der Waals surface area (Å²) in [5, 5.41) is 6.36. The van der Waals surface area contributed by atoms with E-state index < -0.39 is 0 Å². The first kappa shape index (κ1) is 14.7. The van der Waals surface area contributed by atoms with E-state index in [2.05, 4.69) is 10.6 Å². The number of benzene rings is 1. The summed E-state index contributed by atoms with van der Waals surface area (Å²) in [6.07, 6.45) is 1.57.